The molecule has 0 spiro atoms. The van der Waals surface area contributed by atoms with E-state index in [0.29, 0.717) is 22.8 Å². The van der Waals surface area contributed by atoms with Gasteiger partial charge in [0.25, 0.3) is 0 Å². The molecule has 0 aliphatic rings. The Hall–Kier alpha value is -3.03. The van der Waals surface area contributed by atoms with Crippen LogP contribution in [0.2, 0.25) is 5.02 Å². The van der Waals surface area contributed by atoms with Gasteiger partial charge < -0.3 is 9.88 Å². The average molecular weight is 523 g/mol. The quantitative estimate of drug-likeness (QED) is 0.181. The van der Waals surface area contributed by atoms with E-state index in [1.54, 1.807) is 32.4 Å². The summed E-state index contributed by atoms with van der Waals surface area (Å²) < 4.78 is 69.7. The zero-order valence-electron chi connectivity index (χ0n) is 19.1. The molecule has 0 saturated heterocycles. The van der Waals surface area contributed by atoms with Crippen LogP contribution >= 0.6 is 18.7 Å². The molecule has 0 aliphatic heterocycles. The van der Waals surface area contributed by atoms with E-state index in [-0.39, 0.29) is 27.4 Å². The van der Waals surface area contributed by atoms with Gasteiger partial charge in [-0.2, -0.15) is 0 Å². The maximum absolute atomic E-state index is 15.0. The predicted octanol–water partition coefficient (Wildman–Crippen LogP) is 6.63. The molecule has 11 heteroatoms. The molecular formula is C24H20ClF4N4OP. The number of aryl methyl sites for hydroxylation is 1. The lowest BCUT2D eigenvalue weighted by atomic mass is 10.1. The van der Waals surface area contributed by atoms with Crippen molar-refractivity contribution in [1.29, 1.82) is 0 Å². The third-order valence-corrected chi connectivity index (χ3v) is 7.29. The fourth-order valence-electron chi connectivity index (χ4n) is 3.67. The van der Waals surface area contributed by atoms with Crippen LogP contribution in [0.5, 0.6) is 0 Å². The molecule has 0 radical (unpaired) electrons. The Balaban J connectivity index is 1.86. The lowest BCUT2D eigenvalue weighted by Crippen LogP contribution is -2.14. The molecule has 35 heavy (non-hydrogen) atoms. The van der Waals surface area contributed by atoms with Crippen LogP contribution in [0.1, 0.15) is 24.2 Å². The van der Waals surface area contributed by atoms with Crippen molar-refractivity contribution in [3.05, 3.63) is 76.1 Å². The van der Waals surface area contributed by atoms with Gasteiger partial charge in [0.05, 0.1) is 33.4 Å². The number of hydrogen-bond acceptors (Lipinski definition) is 5. The van der Waals surface area contributed by atoms with Gasteiger partial charge in [0, 0.05) is 23.4 Å². The molecule has 4 aromatic rings. The maximum Gasteiger partial charge on any atom is 0.167 e. The molecule has 4 rings (SSSR count). The van der Waals surface area contributed by atoms with Crippen LogP contribution in [0.3, 0.4) is 0 Å². The number of fused-ring (bicyclic) bond motifs is 1. The second-order valence-corrected chi connectivity index (χ2v) is 12.0. The zero-order chi connectivity index (χ0) is 25.7. The van der Waals surface area contributed by atoms with Crippen molar-refractivity contribution in [2.45, 2.75) is 19.9 Å². The number of anilines is 1. The Morgan fingerprint density at radius 3 is 2.31 bits per heavy atom. The van der Waals surface area contributed by atoms with Gasteiger partial charge in [-0.05, 0) is 51.4 Å². The Bertz CT molecular complexity index is 1510. The van der Waals surface area contributed by atoms with Gasteiger partial charge in [0.2, 0.25) is 0 Å². The zero-order valence-corrected chi connectivity index (χ0v) is 20.8. The van der Waals surface area contributed by atoms with Crippen molar-refractivity contribution in [2.24, 2.45) is 0 Å². The van der Waals surface area contributed by atoms with Crippen molar-refractivity contribution in [3.8, 4) is 11.3 Å². The summed E-state index contributed by atoms with van der Waals surface area (Å²) in [5.41, 5.74) is 0.894. The molecule has 3 heterocycles. The minimum atomic E-state index is -2.61. The van der Waals surface area contributed by atoms with Gasteiger partial charge in [-0.25, -0.2) is 27.5 Å². The van der Waals surface area contributed by atoms with E-state index >= 15 is 4.39 Å². The number of aromatic nitrogens is 3. The average Bonchev–Trinajstić information content (AvgIpc) is 2.79. The van der Waals surface area contributed by atoms with Gasteiger partial charge in [-0.15, -0.1) is 0 Å². The largest absolute Gasteiger partial charge is 0.375 e. The molecule has 0 unspecified atom stereocenters. The first kappa shape index (κ1) is 25.1. The van der Waals surface area contributed by atoms with Crippen LogP contribution in [0.4, 0.5) is 23.2 Å². The van der Waals surface area contributed by atoms with E-state index in [2.05, 4.69) is 20.3 Å². The fourth-order valence-corrected chi connectivity index (χ4v) is 4.63. The summed E-state index contributed by atoms with van der Waals surface area (Å²) in [5, 5.41) is 3.00. The summed E-state index contributed by atoms with van der Waals surface area (Å²) in [6.07, 6.45) is 1.36. The summed E-state index contributed by atoms with van der Waals surface area (Å²) in [7, 11) is -2.61. The van der Waals surface area contributed by atoms with Crippen LogP contribution in [-0.2, 0) is 4.57 Å². The molecule has 0 fully saturated rings. The Morgan fingerprint density at radius 2 is 1.69 bits per heavy atom. The van der Waals surface area contributed by atoms with Gasteiger partial charge >= 0.3 is 0 Å². The van der Waals surface area contributed by atoms with Crippen LogP contribution in [0, 0.1) is 30.2 Å². The van der Waals surface area contributed by atoms with Crippen LogP contribution in [-0.4, -0.2) is 28.3 Å². The Kier molecular flexibility index (Phi) is 6.60. The molecule has 3 aromatic heterocycles. The van der Waals surface area contributed by atoms with Crippen molar-refractivity contribution >= 4 is 40.9 Å². The Labute approximate surface area is 204 Å². The molecule has 0 amide bonds. The second-order valence-electron chi connectivity index (χ2n) is 8.45. The molecule has 0 saturated carbocycles. The number of rotatable bonds is 5. The van der Waals surface area contributed by atoms with E-state index in [9.17, 15) is 17.7 Å². The summed E-state index contributed by atoms with van der Waals surface area (Å²) in [6.45, 7) is 6.16. The van der Waals surface area contributed by atoms with E-state index < -0.39 is 42.0 Å². The minimum absolute atomic E-state index is 0.0703. The minimum Gasteiger partial charge on any atom is -0.375 e. The number of nitrogens with one attached hydrogen (secondary N) is 1. The van der Waals surface area contributed by atoms with Crippen LogP contribution in [0.25, 0.3) is 22.3 Å². The second kappa shape index (κ2) is 9.21. The van der Waals surface area contributed by atoms with Gasteiger partial charge in [0.1, 0.15) is 24.2 Å². The highest BCUT2D eigenvalue weighted by molar-refractivity contribution is 7.69. The van der Waals surface area contributed by atoms with E-state index in [1.807, 2.05) is 0 Å². The molecule has 5 nitrogen and oxygen atoms in total. The molecular weight excluding hydrogens is 503 g/mol. The highest BCUT2D eigenvalue weighted by Gasteiger charge is 2.23. The van der Waals surface area contributed by atoms with E-state index in [4.69, 9.17) is 11.6 Å². The van der Waals surface area contributed by atoms with E-state index in [1.165, 1.54) is 19.2 Å². The molecule has 182 valence electrons. The smallest absolute Gasteiger partial charge is 0.167 e. The van der Waals surface area contributed by atoms with Crippen LogP contribution < -0.4 is 10.8 Å². The number of halogens is 5. The van der Waals surface area contributed by atoms with Gasteiger partial charge in [-0.1, -0.05) is 11.6 Å². The standard InChI is InChI=1S/C24H20ClF4N4OP/c1-11(19-14(26)6-7-15(27)21(19)29)32-24-20(25)12(2)31-17-9-16(28)22(33-23(17)24)13-5-8-18(30-10-13)35(3,4)34/h5-11H,1-4H3,(H,31,32)/t11-/m1/s1. The number of nitrogens with zero attached hydrogens (tertiary/aromatic N) is 3. The summed E-state index contributed by atoms with van der Waals surface area (Å²) in [6, 6.07) is 4.73. The third-order valence-electron chi connectivity index (χ3n) is 5.46. The highest BCUT2D eigenvalue weighted by atomic mass is 35.5. The first-order chi connectivity index (χ1) is 16.4. The topological polar surface area (TPSA) is 67.8 Å². The number of hydrogen-bond donors (Lipinski definition) is 1. The summed E-state index contributed by atoms with van der Waals surface area (Å²) in [4.78, 5) is 12.8. The first-order valence-electron chi connectivity index (χ1n) is 10.5. The number of benzene rings is 1. The van der Waals surface area contributed by atoms with Gasteiger partial charge in [0.15, 0.2) is 17.5 Å². The SMILES string of the molecule is Cc1nc2cc(F)c(-c3ccc(P(C)(C)=O)nc3)nc2c(N[C@H](C)c2c(F)ccc(F)c2F)c1Cl. The summed E-state index contributed by atoms with van der Waals surface area (Å²) >= 11 is 6.46. The molecule has 1 atom stereocenters. The fraction of sp³-hybridized carbons (Fsp3) is 0.208. The molecule has 0 aliphatic carbocycles. The first-order valence-corrected chi connectivity index (χ1v) is 13.4. The number of pyridine rings is 3. The lowest BCUT2D eigenvalue weighted by molar-refractivity contribution is 0.473. The van der Waals surface area contributed by atoms with Crippen molar-refractivity contribution < 1.29 is 22.1 Å². The molecule has 1 aromatic carbocycles. The van der Waals surface area contributed by atoms with Crippen molar-refractivity contribution in [3.63, 3.8) is 0 Å². The normalized spacial score (nSPS) is 12.7. The predicted molar refractivity (Wildman–Crippen MR) is 130 cm³/mol. The monoisotopic (exact) mass is 522 g/mol. The third kappa shape index (κ3) is 4.75. The Morgan fingerprint density at radius 1 is 1.00 bits per heavy atom. The maximum atomic E-state index is 15.0. The van der Waals surface area contributed by atoms with Crippen LogP contribution in [0.15, 0.2) is 36.5 Å². The highest BCUT2D eigenvalue weighted by Crippen LogP contribution is 2.37. The molecule has 0 bridgehead atoms. The molecule has 1 N–H and O–H groups in total. The van der Waals surface area contributed by atoms with E-state index in [0.717, 1.165) is 6.07 Å². The van der Waals surface area contributed by atoms with Crippen molar-refractivity contribution in [2.75, 3.05) is 18.6 Å². The van der Waals surface area contributed by atoms with Crippen molar-refractivity contribution in [1.82, 2.24) is 15.0 Å². The van der Waals surface area contributed by atoms with Gasteiger partial charge in [-0.3, -0.25) is 4.98 Å². The lowest BCUT2D eigenvalue weighted by Gasteiger charge is -2.20. The summed E-state index contributed by atoms with van der Waals surface area (Å²) in [5.74, 6) is -4.14.